The van der Waals surface area contributed by atoms with Crippen molar-refractivity contribution >= 4 is 0 Å². The van der Waals surface area contributed by atoms with Gasteiger partial charge in [0.25, 0.3) is 0 Å². The van der Waals surface area contributed by atoms with Crippen LogP contribution in [0.5, 0.6) is 0 Å². The second kappa shape index (κ2) is 11.7. The van der Waals surface area contributed by atoms with Crippen LogP contribution in [0.3, 0.4) is 0 Å². The minimum Gasteiger partial charge on any atom is -0.387 e. The maximum absolute atomic E-state index is 9.42. The summed E-state index contributed by atoms with van der Waals surface area (Å²) in [5, 5.41) is 9.42. The molecule has 1 aromatic carbocycles. The smallest absolute Gasteiger partial charge is 0.0902 e. The minimum atomic E-state index is -0.776. The average molecular weight is 351 g/mol. The van der Waals surface area contributed by atoms with Crippen LogP contribution in [0, 0.1) is 12.8 Å². The Kier molecular flexibility index (Phi) is 11.3. The summed E-state index contributed by atoms with van der Waals surface area (Å²) in [6, 6.07) is 9.06. The van der Waals surface area contributed by atoms with E-state index in [1.807, 2.05) is 27.7 Å². The van der Waals surface area contributed by atoms with E-state index in [0.29, 0.717) is 0 Å². The van der Waals surface area contributed by atoms with Crippen LogP contribution in [-0.4, -0.2) is 23.4 Å². The Hall–Kier alpha value is -0.860. The van der Waals surface area contributed by atoms with Crippen molar-refractivity contribution in [3.63, 3.8) is 0 Å². The van der Waals surface area contributed by atoms with E-state index in [-0.39, 0.29) is 0 Å². The van der Waals surface area contributed by atoms with Gasteiger partial charge in [0.1, 0.15) is 0 Å². The summed E-state index contributed by atoms with van der Waals surface area (Å²) in [7, 11) is 1.60. The fraction of sp³-hybridized carbons (Fsp3) is 0.739. The van der Waals surface area contributed by atoms with Crippen molar-refractivity contribution in [2.24, 2.45) is 5.92 Å². The van der Waals surface area contributed by atoms with Gasteiger partial charge in [0.05, 0.1) is 11.2 Å². The van der Waals surface area contributed by atoms with Crippen molar-refractivity contribution in [2.75, 3.05) is 7.11 Å². The fourth-order valence-electron chi connectivity index (χ4n) is 2.70. The van der Waals surface area contributed by atoms with E-state index in [1.165, 1.54) is 49.7 Å². The number of benzene rings is 1. The number of aliphatic hydroxyl groups is 1. The Morgan fingerprint density at radius 2 is 1.44 bits per heavy atom. The van der Waals surface area contributed by atoms with Crippen molar-refractivity contribution in [2.45, 2.75) is 98.2 Å². The molecule has 2 nitrogen and oxygen atoms in total. The molecule has 2 heteroatoms. The van der Waals surface area contributed by atoms with Crippen LogP contribution in [0.2, 0.25) is 0 Å². The number of ether oxygens (including phenoxy) is 1. The highest BCUT2D eigenvalue weighted by Crippen LogP contribution is 2.26. The fourth-order valence-corrected chi connectivity index (χ4v) is 2.70. The lowest BCUT2D eigenvalue weighted by Crippen LogP contribution is -2.46. The number of aryl methyl sites for hydroxylation is 1. The van der Waals surface area contributed by atoms with Gasteiger partial charge in [-0.1, -0.05) is 75.8 Å². The standard InChI is InChI=1S/C14H20.C7H16O2.C2H6/c1-12-7-9-14(10-8-12)11-13-5-3-2-4-6-13;1-6(2,8)7(3,4)9-5;1-2/h7-10,13H,2-6,11H2,1H3;8H,1-5H3;1-2H3. The molecule has 146 valence electrons. The second-order valence-electron chi connectivity index (χ2n) is 7.97. The van der Waals surface area contributed by atoms with Gasteiger partial charge in [-0.25, -0.2) is 0 Å². The van der Waals surface area contributed by atoms with Gasteiger partial charge in [-0.15, -0.1) is 0 Å². The lowest BCUT2D eigenvalue weighted by molar-refractivity contribution is -0.129. The predicted molar refractivity (Wildman–Crippen MR) is 110 cm³/mol. The van der Waals surface area contributed by atoms with Gasteiger partial charge in [0, 0.05) is 7.11 Å². The van der Waals surface area contributed by atoms with E-state index < -0.39 is 11.2 Å². The number of hydrogen-bond acceptors (Lipinski definition) is 2. The van der Waals surface area contributed by atoms with Crippen molar-refractivity contribution in [1.29, 1.82) is 0 Å². The van der Waals surface area contributed by atoms with E-state index in [9.17, 15) is 5.11 Å². The second-order valence-corrected chi connectivity index (χ2v) is 7.97. The molecule has 1 aromatic rings. The summed E-state index contributed by atoms with van der Waals surface area (Å²) in [4.78, 5) is 0. The van der Waals surface area contributed by atoms with Gasteiger partial charge in [-0.2, -0.15) is 0 Å². The Bertz CT molecular complexity index is 434. The predicted octanol–water partition coefficient (Wildman–Crippen LogP) is 6.33. The molecule has 1 N–H and O–H groups in total. The molecule has 0 amide bonds. The normalized spacial score (nSPS) is 15.6. The summed E-state index contributed by atoms with van der Waals surface area (Å²) in [5.41, 5.74) is 1.66. The van der Waals surface area contributed by atoms with E-state index in [4.69, 9.17) is 4.74 Å². The van der Waals surface area contributed by atoms with Gasteiger partial charge in [-0.05, 0) is 52.5 Å². The van der Waals surface area contributed by atoms with Crippen LogP contribution in [0.4, 0.5) is 0 Å². The van der Waals surface area contributed by atoms with E-state index in [0.717, 1.165) is 5.92 Å². The first kappa shape index (κ1) is 24.1. The van der Waals surface area contributed by atoms with Gasteiger partial charge < -0.3 is 9.84 Å². The number of methoxy groups -OCH3 is 1. The van der Waals surface area contributed by atoms with Crippen molar-refractivity contribution in [1.82, 2.24) is 0 Å². The van der Waals surface area contributed by atoms with E-state index >= 15 is 0 Å². The molecule has 1 fully saturated rings. The summed E-state index contributed by atoms with van der Waals surface area (Å²) < 4.78 is 5.05. The lowest BCUT2D eigenvalue weighted by Gasteiger charge is -2.35. The topological polar surface area (TPSA) is 29.5 Å². The van der Waals surface area contributed by atoms with Crippen molar-refractivity contribution < 1.29 is 9.84 Å². The molecule has 0 heterocycles. The molecular weight excluding hydrogens is 308 g/mol. The van der Waals surface area contributed by atoms with E-state index in [1.54, 1.807) is 21.0 Å². The molecule has 0 unspecified atom stereocenters. The van der Waals surface area contributed by atoms with Gasteiger partial charge in [0.2, 0.25) is 0 Å². The van der Waals surface area contributed by atoms with Gasteiger partial charge in [0.15, 0.2) is 0 Å². The zero-order valence-corrected chi connectivity index (χ0v) is 18.0. The maximum Gasteiger partial charge on any atom is 0.0902 e. The first-order valence-electron chi connectivity index (χ1n) is 9.99. The van der Waals surface area contributed by atoms with Crippen molar-refractivity contribution in [3.05, 3.63) is 35.4 Å². The van der Waals surface area contributed by atoms with E-state index in [2.05, 4.69) is 31.2 Å². The summed E-state index contributed by atoms with van der Waals surface area (Å²) in [5.74, 6) is 0.964. The summed E-state index contributed by atoms with van der Waals surface area (Å²) in [6.45, 7) is 13.3. The summed E-state index contributed by atoms with van der Waals surface area (Å²) in [6.07, 6.45) is 8.58. The largest absolute Gasteiger partial charge is 0.387 e. The molecule has 0 radical (unpaired) electrons. The highest BCUT2D eigenvalue weighted by molar-refractivity contribution is 5.21. The Morgan fingerprint density at radius 1 is 0.960 bits per heavy atom. The highest BCUT2D eigenvalue weighted by atomic mass is 16.5. The first-order valence-corrected chi connectivity index (χ1v) is 9.99. The molecular formula is C23H42O2. The monoisotopic (exact) mass is 350 g/mol. The Labute approximate surface area is 157 Å². The Morgan fingerprint density at radius 3 is 1.80 bits per heavy atom. The lowest BCUT2D eigenvalue weighted by atomic mass is 9.85. The molecule has 1 aliphatic rings. The molecule has 0 saturated heterocycles. The molecule has 25 heavy (non-hydrogen) atoms. The van der Waals surface area contributed by atoms with Crippen LogP contribution in [0.1, 0.15) is 84.8 Å². The minimum absolute atomic E-state index is 0.465. The molecule has 1 saturated carbocycles. The van der Waals surface area contributed by atoms with Gasteiger partial charge >= 0.3 is 0 Å². The van der Waals surface area contributed by atoms with Gasteiger partial charge in [-0.3, -0.25) is 0 Å². The third-order valence-corrected chi connectivity index (χ3v) is 5.35. The zero-order valence-electron chi connectivity index (χ0n) is 18.0. The van der Waals surface area contributed by atoms with Crippen LogP contribution in [0.25, 0.3) is 0 Å². The molecule has 2 rings (SSSR count). The summed E-state index contributed by atoms with van der Waals surface area (Å²) >= 11 is 0. The van der Waals surface area contributed by atoms with Crippen LogP contribution in [0.15, 0.2) is 24.3 Å². The highest BCUT2D eigenvalue weighted by Gasteiger charge is 2.34. The first-order chi connectivity index (χ1) is 11.7. The number of rotatable bonds is 4. The molecule has 0 bridgehead atoms. The molecule has 1 aliphatic carbocycles. The molecule has 0 aliphatic heterocycles. The van der Waals surface area contributed by atoms with Crippen LogP contribution in [-0.2, 0) is 11.2 Å². The molecule has 0 aromatic heterocycles. The quantitative estimate of drug-likeness (QED) is 0.688. The van der Waals surface area contributed by atoms with Crippen LogP contribution < -0.4 is 0 Å². The third-order valence-electron chi connectivity index (χ3n) is 5.35. The molecule has 0 spiro atoms. The SMILES string of the molecule is CC.COC(C)(C)C(C)(C)O.Cc1ccc(CC2CCCCC2)cc1. The maximum atomic E-state index is 9.42. The van der Waals surface area contributed by atoms with Crippen LogP contribution >= 0.6 is 0 Å². The zero-order chi connectivity index (χ0) is 19.5. The molecule has 0 atom stereocenters. The van der Waals surface area contributed by atoms with Crippen molar-refractivity contribution in [3.8, 4) is 0 Å². The Balaban J connectivity index is 0.000000458. The number of hydrogen-bond donors (Lipinski definition) is 1. The average Bonchev–Trinajstić information content (AvgIpc) is 2.59. The third kappa shape index (κ3) is 9.42.